The Hall–Kier alpha value is -2.55. The molecule has 0 amide bonds. The molecule has 0 radical (unpaired) electrons. The smallest absolute Gasteiger partial charge is 0.127 e. The molecule has 0 fully saturated rings. The van der Waals surface area contributed by atoms with E-state index in [1.165, 1.54) is 10.9 Å². The lowest BCUT2D eigenvalue weighted by Crippen LogP contribution is -1.98. The van der Waals surface area contributed by atoms with Gasteiger partial charge in [-0.15, -0.1) is 0 Å². The van der Waals surface area contributed by atoms with E-state index in [0.717, 1.165) is 16.7 Å². The summed E-state index contributed by atoms with van der Waals surface area (Å²) in [4.78, 5) is 3.98. The van der Waals surface area contributed by atoms with Gasteiger partial charge in [-0.05, 0) is 41.6 Å². The summed E-state index contributed by atoms with van der Waals surface area (Å²) < 4.78 is 5.93. The molecule has 0 aliphatic heterocycles. The van der Waals surface area contributed by atoms with E-state index in [1.807, 2.05) is 30.3 Å². The fourth-order valence-corrected chi connectivity index (χ4v) is 2.29. The summed E-state index contributed by atoms with van der Waals surface area (Å²) in [6.45, 7) is 2.59. The van der Waals surface area contributed by atoms with Gasteiger partial charge in [-0.1, -0.05) is 30.3 Å². The number of ether oxygens (including phenoxy) is 1. The molecule has 20 heavy (non-hydrogen) atoms. The number of nitrogens with zero attached hydrogens (tertiary/aromatic N) is 1. The topological polar surface area (TPSA) is 48.1 Å². The Morgan fingerprint density at radius 3 is 2.65 bits per heavy atom. The summed E-state index contributed by atoms with van der Waals surface area (Å²) >= 11 is 0. The first-order chi connectivity index (χ1) is 9.74. The van der Waals surface area contributed by atoms with Crippen molar-refractivity contribution in [2.45, 2.75) is 13.5 Å². The van der Waals surface area contributed by atoms with Crippen molar-refractivity contribution in [2.75, 3.05) is 5.73 Å². The van der Waals surface area contributed by atoms with Crippen LogP contribution in [0.3, 0.4) is 0 Å². The number of fused-ring (bicyclic) bond motifs is 1. The van der Waals surface area contributed by atoms with Crippen LogP contribution >= 0.6 is 0 Å². The van der Waals surface area contributed by atoms with Gasteiger partial charge in [0.1, 0.15) is 18.2 Å². The van der Waals surface area contributed by atoms with E-state index in [-0.39, 0.29) is 0 Å². The molecule has 2 aromatic carbocycles. The van der Waals surface area contributed by atoms with Gasteiger partial charge in [-0.2, -0.15) is 0 Å². The molecule has 0 atom stereocenters. The van der Waals surface area contributed by atoms with Gasteiger partial charge in [-0.25, -0.2) is 4.98 Å². The minimum absolute atomic E-state index is 0.486. The van der Waals surface area contributed by atoms with Gasteiger partial charge in [0.25, 0.3) is 0 Å². The third-order valence-electron chi connectivity index (χ3n) is 3.34. The standard InChI is InChI=1S/C17H16N2O/c1-12-6-7-16(15-5-3-2-4-14(12)15)20-11-13-8-9-19-17(18)10-13/h2-10H,11H2,1H3,(H2,18,19). The van der Waals surface area contributed by atoms with Crippen LogP contribution in [-0.2, 0) is 6.61 Å². The molecule has 0 bridgehead atoms. The predicted molar refractivity (Wildman–Crippen MR) is 81.7 cm³/mol. The van der Waals surface area contributed by atoms with E-state index < -0.39 is 0 Å². The van der Waals surface area contributed by atoms with Crippen LogP contribution in [0.25, 0.3) is 10.8 Å². The maximum atomic E-state index is 5.93. The van der Waals surface area contributed by atoms with Gasteiger partial charge in [0.15, 0.2) is 0 Å². The lowest BCUT2D eigenvalue weighted by atomic mass is 10.0. The molecule has 3 nitrogen and oxygen atoms in total. The summed E-state index contributed by atoms with van der Waals surface area (Å²) in [6.07, 6.45) is 1.70. The van der Waals surface area contributed by atoms with Gasteiger partial charge in [0.2, 0.25) is 0 Å². The number of hydrogen-bond donors (Lipinski definition) is 1. The maximum Gasteiger partial charge on any atom is 0.127 e. The predicted octanol–water partition coefficient (Wildman–Crippen LogP) is 3.70. The van der Waals surface area contributed by atoms with Crippen LogP contribution in [0.15, 0.2) is 54.7 Å². The quantitative estimate of drug-likeness (QED) is 0.784. The number of pyridine rings is 1. The van der Waals surface area contributed by atoms with Crippen molar-refractivity contribution in [3.05, 3.63) is 65.9 Å². The molecule has 0 saturated carbocycles. The molecule has 1 heterocycles. The van der Waals surface area contributed by atoms with Gasteiger partial charge in [0.05, 0.1) is 0 Å². The molecular weight excluding hydrogens is 248 g/mol. The summed E-state index contributed by atoms with van der Waals surface area (Å²) in [6, 6.07) is 16.1. The number of aryl methyl sites for hydroxylation is 1. The zero-order valence-electron chi connectivity index (χ0n) is 11.3. The molecule has 3 heteroatoms. The SMILES string of the molecule is Cc1ccc(OCc2ccnc(N)c2)c2ccccc12. The van der Waals surface area contributed by atoms with Gasteiger partial charge >= 0.3 is 0 Å². The van der Waals surface area contributed by atoms with E-state index in [2.05, 4.69) is 30.1 Å². The molecule has 3 aromatic rings. The number of nitrogens with two attached hydrogens (primary N) is 1. The average Bonchev–Trinajstić information content (AvgIpc) is 2.47. The number of hydrogen-bond acceptors (Lipinski definition) is 3. The van der Waals surface area contributed by atoms with Gasteiger partial charge < -0.3 is 10.5 Å². The molecule has 0 aliphatic rings. The van der Waals surface area contributed by atoms with Crippen LogP contribution in [-0.4, -0.2) is 4.98 Å². The number of anilines is 1. The van der Waals surface area contributed by atoms with Crippen LogP contribution in [0, 0.1) is 6.92 Å². The summed E-state index contributed by atoms with van der Waals surface area (Å²) in [7, 11) is 0. The van der Waals surface area contributed by atoms with Crippen molar-refractivity contribution < 1.29 is 4.74 Å². The van der Waals surface area contributed by atoms with E-state index in [4.69, 9.17) is 10.5 Å². The van der Waals surface area contributed by atoms with Crippen LogP contribution in [0.1, 0.15) is 11.1 Å². The van der Waals surface area contributed by atoms with Crippen LogP contribution in [0.2, 0.25) is 0 Å². The molecule has 2 N–H and O–H groups in total. The molecule has 0 spiro atoms. The Bertz CT molecular complexity index is 753. The maximum absolute atomic E-state index is 5.93. The number of benzene rings is 2. The molecule has 0 unspecified atom stereocenters. The zero-order chi connectivity index (χ0) is 13.9. The van der Waals surface area contributed by atoms with Crippen molar-refractivity contribution >= 4 is 16.6 Å². The lowest BCUT2D eigenvalue weighted by Gasteiger charge is -2.11. The van der Waals surface area contributed by atoms with Crippen molar-refractivity contribution in [1.29, 1.82) is 0 Å². The highest BCUT2D eigenvalue weighted by Gasteiger charge is 2.04. The Labute approximate surface area is 118 Å². The Morgan fingerprint density at radius 1 is 1.05 bits per heavy atom. The molecule has 0 aliphatic carbocycles. The Kier molecular flexibility index (Phi) is 3.25. The first-order valence-electron chi connectivity index (χ1n) is 6.55. The second-order valence-electron chi connectivity index (χ2n) is 4.80. The second kappa shape index (κ2) is 5.21. The van der Waals surface area contributed by atoms with Crippen LogP contribution < -0.4 is 10.5 Å². The number of rotatable bonds is 3. The largest absolute Gasteiger partial charge is 0.488 e. The molecule has 0 saturated heterocycles. The highest BCUT2D eigenvalue weighted by molar-refractivity contribution is 5.90. The van der Waals surface area contributed by atoms with Gasteiger partial charge in [0, 0.05) is 11.6 Å². The normalized spacial score (nSPS) is 10.7. The van der Waals surface area contributed by atoms with E-state index in [1.54, 1.807) is 6.20 Å². The Balaban J connectivity index is 1.90. The third kappa shape index (κ3) is 2.43. The van der Waals surface area contributed by atoms with Crippen molar-refractivity contribution in [2.24, 2.45) is 0 Å². The van der Waals surface area contributed by atoms with Crippen LogP contribution in [0.4, 0.5) is 5.82 Å². The number of nitrogen functional groups attached to an aromatic ring is 1. The fraction of sp³-hybridized carbons (Fsp3) is 0.118. The highest BCUT2D eigenvalue weighted by atomic mass is 16.5. The van der Waals surface area contributed by atoms with Crippen molar-refractivity contribution in [3.63, 3.8) is 0 Å². The Morgan fingerprint density at radius 2 is 1.85 bits per heavy atom. The van der Waals surface area contributed by atoms with Crippen molar-refractivity contribution in [3.8, 4) is 5.75 Å². The van der Waals surface area contributed by atoms with Gasteiger partial charge in [-0.3, -0.25) is 0 Å². The summed E-state index contributed by atoms with van der Waals surface area (Å²) in [5.41, 5.74) is 7.94. The average molecular weight is 264 g/mol. The summed E-state index contributed by atoms with van der Waals surface area (Å²) in [5.74, 6) is 1.40. The minimum Gasteiger partial charge on any atom is -0.488 e. The van der Waals surface area contributed by atoms with E-state index >= 15 is 0 Å². The lowest BCUT2D eigenvalue weighted by molar-refractivity contribution is 0.310. The monoisotopic (exact) mass is 264 g/mol. The van der Waals surface area contributed by atoms with Crippen LogP contribution in [0.5, 0.6) is 5.75 Å². The minimum atomic E-state index is 0.486. The molecule has 3 rings (SSSR count). The molecule has 100 valence electrons. The molecular formula is C17H16N2O. The summed E-state index contributed by atoms with van der Waals surface area (Å²) in [5, 5.41) is 2.36. The number of aromatic nitrogens is 1. The molecule has 1 aromatic heterocycles. The zero-order valence-corrected chi connectivity index (χ0v) is 11.3. The highest BCUT2D eigenvalue weighted by Crippen LogP contribution is 2.28. The van der Waals surface area contributed by atoms with E-state index in [9.17, 15) is 0 Å². The first-order valence-corrected chi connectivity index (χ1v) is 6.55. The van der Waals surface area contributed by atoms with Crippen molar-refractivity contribution in [1.82, 2.24) is 4.98 Å². The second-order valence-corrected chi connectivity index (χ2v) is 4.80. The first kappa shape index (κ1) is 12.5. The third-order valence-corrected chi connectivity index (χ3v) is 3.34. The van der Waals surface area contributed by atoms with E-state index in [0.29, 0.717) is 12.4 Å². The fourth-order valence-electron chi connectivity index (χ4n) is 2.29.